The molecule has 0 radical (unpaired) electrons. The molecular formula is C19H32N3O3S+. The van der Waals surface area contributed by atoms with Crippen LogP contribution in [0.4, 0.5) is 0 Å². The third kappa shape index (κ3) is 5.53. The van der Waals surface area contributed by atoms with Crippen LogP contribution in [0.5, 0.6) is 0 Å². The Labute approximate surface area is 157 Å². The van der Waals surface area contributed by atoms with Crippen molar-refractivity contribution in [3.63, 3.8) is 0 Å². The summed E-state index contributed by atoms with van der Waals surface area (Å²) in [5.41, 5.74) is 0.902. The zero-order valence-corrected chi connectivity index (χ0v) is 16.9. The average molecular weight is 383 g/mol. The molecule has 1 aliphatic heterocycles. The molecular weight excluding hydrogens is 350 g/mol. The third-order valence-electron chi connectivity index (χ3n) is 5.03. The summed E-state index contributed by atoms with van der Waals surface area (Å²) in [5.74, 6) is 0.737. The van der Waals surface area contributed by atoms with Crippen LogP contribution in [0, 0.1) is 5.92 Å². The summed E-state index contributed by atoms with van der Waals surface area (Å²) in [7, 11) is -3.43. The van der Waals surface area contributed by atoms with Gasteiger partial charge >= 0.3 is 0 Å². The number of quaternary nitrogens is 1. The molecule has 1 aromatic rings. The number of rotatable bonds is 8. The van der Waals surface area contributed by atoms with E-state index in [2.05, 4.69) is 12.2 Å². The topological polar surface area (TPSA) is 70.9 Å². The van der Waals surface area contributed by atoms with Crippen molar-refractivity contribution in [2.45, 2.75) is 45.1 Å². The first kappa shape index (κ1) is 20.9. The zero-order chi connectivity index (χ0) is 19.2. The molecule has 1 fully saturated rings. The number of piperidine rings is 1. The maximum atomic E-state index is 12.5. The van der Waals surface area contributed by atoms with E-state index in [0.717, 1.165) is 18.7 Å². The molecule has 1 aromatic carbocycles. The molecule has 6 nitrogen and oxygen atoms in total. The van der Waals surface area contributed by atoms with Gasteiger partial charge in [0.15, 0.2) is 6.54 Å². The first-order valence-corrected chi connectivity index (χ1v) is 11.0. The van der Waals surface area contributed by atoms with Crippen LogP contribution < -0.4 is 10.2 Å². The number of benzene rings is 1. The van der Waals surface area contributed by atoms with Crippen LogP contribution in [-0.2, 0) is 21.4 Å². The molecule has 0 aromatic heterocycles. The number of likely N-dealkylation sites (tertiary alicyclic amines) is 1. The van der Waals surface area contributed by atoms with E-state index in [1.54, 1.807) is 24.3 Å². The van der Waals surface area contributed by atoms with E-state index in [1.807, 2.05) is 13.8 Å². The number of nitrogens with zero attached hydrogens (tertiary/aromatic N) is 1. The van der Waals surface area contributed by atoms with Crippen molar-refractivity contribution in [2.75, 3.05) is 32.7 Å². The highest BCUT2D eigenvalue weighted by atomic mass is 32.2. The Morgan fingerprint density at radius 1 is 1.23 bits per heavy atom. The molecule has 1 amide bonds. The summed E-state index contributed by atoms with van der Waals surface area (Å²) in [5, 5.41) is 2.94. The first-order chi connectivity index (χ1) is 12.4. The Morgan fingerprint density at radius 3 is 2.46 bits per heavy atom. The highest BCUT2D eigenvalue weighted by molar-refractivity contribution is 7.89. The second-order valence-electron chi connectivity index (χ2n) is 7.14. The average Bonchev–Trinajstić information content (AvgIpc) is 2.61. The molecule has 2 atom stereocenters. The van der Waals surface area contributed by atoms with Crippen molar-refractivity contribution in [2.24, 2.45) is 5.92 Å². The van der Waals surface area contributed by atoms with E-state index in [-0.39, 0.29) is 5.91 Å². The maximum Gasteiger partial charge on any atom is 0.275 e. The molecule has 1 saturated heterocycles. The Kier molecular flexibility index (Phi) is 7.61. The predicted molar refractivity (Wildman–Crippen MR) is 102 cm³/mol. The quantitative estimate of drug-likeness (QED) is 0.693. The largest absolute Gasteiger partial charge is 0.347 e. The predicted octanol–water partition coefficient (Wildman–Crippen LogP) is 0.648. The lowest BCUT2D eigenvalue weighted by Gasteiger charge is -2.27. The molecule has 2 N–H and O–H groups in total. The number of carbonyl (C=O) groups is 1. The number of sulfonamides is 1. The highest BCUT2D eigenvalue weighted by Gasteiger charge is 2.22. The molecule has 7 heteroatoms. The fourth-order valence-corrected chi connectivity index (χ4v) is 5.00. The zero-order valence-electron chi connectivity index (χ0n) is 16.1. The van der Waals surface area contributed by atoms with Crippen LogP contribution in [0.2, 0.25) is 0 Å². The molecule has 0 spiro atoms. The van der Waals surface area contributed by atoms with Crippen LogP contribution in [0.25, 0.3) is 0 Å². The lowest BCUT2D eigenvalue weighted by atomic mass is 10.0. The number of carbonyl (C=O) groups excluding carboxylic acids is 1. The highest BCUT2D eigenvalue weighted by Crippen LogP contribution is 2.16. The van der Waals surface area contributed by atoms with Gasteiger partial charge in [-0.3, -0.25) is 4.79 Å². The monoisotopic (exact) mass is 382 g/mol. The van der Waals surface area contributed by atoms with Crippen LogP contribution >= 0.6 is 0 Å². The van der Waals surface area contributed by atoms with Crippen molar-refractivity contribution in [1.82, 2.24) is 9.62 Å². The summed E-state index contributed by atoms with van der Waals surface area (Å²) in [6.45, 7) is 9.87. The van der Waals surface area contributed by atoms with Crippen molar-refractivity contribution < 1.29 is 18.1 Å². The van der Waals surface area contributed by atoms with Crippen LogP contribution in [-0.4, -0.2) is 51.4 Å². The molecule has 0 aliphatic carbocycles. The van der Waals surface area contributed by atoms with Gasteiger partial charge in [0.05, 0.1) is 18.0 Å². The van der Waals surface area contributed by atoms with Gasteiger partial charge in [-0.25, -0.2) is 8.42 Å². The van der Waals surface area contributed by atoms with Crippen LogP contribution in [0.1, 0.15) is 39.2 Å². The van der Waals surface area contributed by atoms with Gasteiger partial charge in [-0.15, -0.1) is 0 Å². The van der Waals surface area contributed by atoms with Gasteiger partial charge in [0.2, 0.25) is 10.0 Å². The van der Waals surface area contributed by atoms with Crippen molar-refractivity contribution in [3.8, 4) is 0 Å². The minimum absolute atomic E-state index is 0.0499. The van der Waals surface area contributed by atoms with Gasteiger partial charge in [-0.1, -0.05) is 32.9 Å². The summed E-state index contributed by atoms with van der Waals surface area (Å²) in [4.78, 5) is 13.8. The first-order valence-electron chi connectivity index (χ1n) is 9.56. The van der Waals surface area contributed by atoms with Crippen molar-refractivity contribution in [3.05, 3.63) is 29.8 Å². The van der Waals surface area contributed by atoms with E-state index in [1.165, 1.54) is 22.0 Å². The molecule has 146 valence electrons. The Morgan fingerprint density at radius 2 is 1.88 bits per heavy atom. The van der Waals surface area contributed by atoms with E-state index in [9.17, 15) is 13.2 Å². The Hall–Kier alpha value is -1.44. The third-order valence-corrected chi connectivity index (χ3v) is 7.10. The summed E-state index contributed by atoms with van der Waals surface area (Å²) < 4.78 is 26.4. The van der Waals surface area contributed by atoms with Crippen LogP contribution in [0.15, 0.2) is 29.2 Å². The van der Waals surface area contributed by atoms with E-state index in [0.29, 0.717) is 37.0 Å². The number of nitrogens with one attached hydrogen (secondary N) is 2. The Bertz CT molecular complexity index is 684. The molecule has 26 heavy (non-hydrogen) atoms. The lowest BCUT2D eigenvalue weighted by Crippen LogP contribution is -3.14. The second-order valence-corrected chi connectivity index (χ2v) is 9.08. The van der Waals surface area contributed by atoms with Gasteiger partial charge in [0.25, 0.3) is 5.91 Å². The fraction of sp³-hybridized carbons (Fsp3) is 0.632. The summed E-state index contributed by atoms with van der Waals surface area (Å²) in [6.07, 6.45) is 2.44. The fourth-order valence-electron chi connectivity index (χ4n) is 3.54. The molecule has 1 heterocycles. The lowest BCUT2D eigenvalue weighted by molar-refractivity contribution is -0.900. The van der Waals surface area contributed by atoms with Crippen LogP contribution in [0.3, 0.4) is 0 Å². The van der Waals surface area contributed by atoms with Crippen molar-refractivity contribution in [1.29, 1.82) is 0 Å². The molecule has 1 aliphatic rings. The van der Waals surface area contributed by atoms with Gasteiger partial charge in [-0.2, -0.15) is 4.31 Å². The smallest absolute Gasteiger partial charge is 0.275 e. The minimum Gasteiger partial charge on any atom is -0.347 e. The standard InChI is InChI=1S/C19H31N3O3S/c1-4-22(5-2)26(24,25)18-10-8-17(9-11-18)13-20-19(23)15-21-12-6-7-16(3)14-21/h8-11,16H,4-7,12-15H2,1-3H3,(H,20,23)/p+1/t16-/m1/s1. The van der Waals surface area contributed by atoms with Gasteiger partial charge in [0, 0.05) is 25.6 Å². The minimum atomic E-state index is -3.43. The van der Waals surface area contributed by atoms with Gasteiger partial charge in [0.1, 0.15) is 0 Å². The number of hydrogen-bond donors (Lipinski definition) is 2. The number of hydrogen-bond acceptors (Lipinski definition) is 3. The van der Waals surface area contributed by atoms with E-state index < -0.39 is 10.0 Å². The number of amides is 1. The normalized spacial score (nSPS) is 20.9. The maximum absolute atomic E-state index is 12.5. The van der Waals surface area contributed by atoms with Gasteiger partial charge < -0.3 is 10.2 Å². The summed E-state index contributed by atoms with van der Waals surface area (Å²) in [6, 6.07) is 6.78. The Balaban J connectivity index is 1.88. The van der Waals surface area contributed by atoms with E-state index >= 15 is 0 Å². The second kappa shape index (κ2) is 9.48. The molecule has 0 bridgehead atoms. The molecule has 0 saturated carbocycles. The van der Waals surface area contributed by atoms with Gasteiger partial charge in [-0.05, 0) is 30.5 Å². The van der Waals surface area contributed by atoms with E-state index in [4.69, 9.17) is 0 Å². The molecule has 2 rings (SSSR count). The van der Waals surface area contributed by atoms with Crippen molar-refractivity contribution >= 4 is 15.9 Å². The SMILES string of the molecule is CCN(CC)S(=O)(=O)c1ccc(CNC(=O)C[NH+]2CCC[C@@H](C)C2)cc1. The summed E-state index contributed by atoms with van der Waals surface area (Å²) >= 11 is 0. The molecule has 1 unspecified atom stereocenters.